The summed E-state index contributed by atoms with van der Waals surface area (Å²) >= 11 is 3.41. The maximum absolute atomic E-state index is 6.05. The van der Waals surface area contributed by atoms with Crippen molar-refractivity contribution in [1.82, 2.24) is 4.98 Å². The molecule has 1 aromatic heterocycles. The molecule has 3 nitrogen and oxygen atoms in total. The van der Waals surface area contributed by atoms with E-state index in [1.165, 1.54) is 25.7 Å². The summed E-state index contributed by atoms with van der Waals surface area (Å²) in [7, 11) is 0. The van der Waals surface area contributed by atoms with Gasteiger partial charge in [0.15, 0.2) is 0 Å². The van der Waals surface area contributed by atoms with Gasteiger partial charge >= 0.3 is 0 Å². The van der Waals surface area contributed by atoms with Crippen molar-refractivity contribution in [2.24, 2.45) is 0 Å². The quantitative estimate of drug-likeness (QED) is 0.903. The Labute approximate surface area is 116 Å². The van der Waals surface area contributed by atoms with Crippen molar-refractivity contribution < 1.29 is 4.74 Å². The van der Waals surface area contributed by atoms with Gasteiger partial charge in [-0.15, -0.1) is 0 Å². The van der Waals surface area contributed by atoms with E-state index in [9.17, 15) is 0 Å². The number of hydrogen-bond donors (Lipinski definition) is 1. The number of nitrogens with one attached hydrogen (secondary N) is 1. The van der Waals surface area contributed by atoms with Gasteiger partial charge in [0.2, 0.25) is 0 Å². The second-order valence-electron chi connectivity index (χ2n) is 5.43. The first-order valence-electron chi connectivity index (χ1n) is 6.78. The van der Waals surface area contributed by atoms with E-state index < -0.39 is 0 Å². The second kappa shape index (κ2) is 5.17. The van der Waals surface area contributed by atoms with E-state index in [0.717, 1.165) is 29.7 Å². The molecule has 1 unspecified atom stereocenters. The van der Waals surface area contributed by atoms with Crippen LogP contribution in [0.3, 0.4) is 0 Å². The Hall–Kier alpha value is -0.610. The Morgan fingerprint density at radius 3 is 2.89 bits per heavy atom. The Morgan fingerprint density at radius 2 is 2.17 bits per heavy atom. The predicted molar refractivity (Wildman–Crippen MR) is 75.7 cm³/mol. The molecule has 2 aliphatic rings. The summed E-state index contributed by atoms with van der Waals surface area (Å²) in [5.41, 5.74) is 0.172. The molecule has 98 valence electrons. The molecule has 0 amide bonds. The molecule has 1 N–H and O–H groups in total. The standard InChI is InChI=1S/C14H19BrN2O/c15-11-3-4-13(16-10-11)17-12-5-8-18-14(9-12)6-1-2-7-14/h3-4,10,12H,1-2,5-9H2,(H,16,17). The molecule has 2 heterocycles. The van der Waals surface area contributed by atoms with E-state index in [1.807, 2.05) is 18.3 Å². The molecule has 1 aliphatic heterocycles. The molecule has 4 heteroatoms. The molecular formula is C14H19BrN2O. The molecule has 3 rings (SSSR count). The zero-order chi connectivity index (χ0) is 12.4. The van der Waals surface area contributed by atoms with Crippen LogP contribution in [0.4, 0.5) is 5.82 Å². The summed E-state index contributed by atoms with van der Waals surface area (Å²) in [5, 5.41) is 3.55. The summed E-state index contributed by atoms with van der Waals surface area (Å²) in [6.07, 6.45) is 9.17. The Morgan fingerprint density at radius 1 is 1.33 bits per heavy atom. The number of anilines is 1. The average Bonchev–Trinajstić information content (AvgIpc) is 2.80. The SMILES string of the molecule is Brc1ccc(NC2CCOC3(CCCC3)C2)nc1. The minimum absolute atomic E-state index is 0.172. The fourth-order valence-corrected chi connectivity index (χ4v) is 3.42. The lowest BCUT2D eigenvalue weighted by molar-refractivity contribution is -0.0767. The molecule has 1 saturated carbocycles. The van der Waals surface area contributed by atoms with Crippen LogP contribution in [0.25, 0.3) is 0 Å². The van der Waals surface area contributed by atoms with Gasteiger partial charge < -0.3 is 10.1 Å². The molecule has 18 heavy (non-hydrogen) atoms. The van der Waals surface area contributed by atoms with Crippen molar-refractivity contribution >= 4 is 21.7 Å². The lowest BCUT2D eigenvalue weighted by Gasteiger charge is -2.38. The molecule has 0 radical (unpaired) electrons. The molecule has 2 fully saturated rings. The van der Waals surface area contributed by atoms with Crippen molar-refractivity contribution in [1.29, 1.82) is 0 Å². The Bertz CT molecular complexity index is 401. The van der Waals surface area contributed by atoms with Crippen molar-refractivity contribution in [3.05, 3.63) is 22.8 Å². The summed E-state index contributed by atoms with van der Waals surface area (Å²) in [6.45, 7) is 0.883. The van der Waals surface area contributed by atoms with Gasteiger partial charge in [-0.05, 0) is 53.7 Å². The summed E-state index contributed by atoms with van der Waals surface area (Å²) in [5.74, 6) is 0.971. The van der Waals surface area contributed by atoms with Crippen molar-refractivity contribution in [3.63, 3.8) is 0 Å². The van der Waals surface area contributed by atoms with Crippen molar-refractivity contribution in [2.45, 2.75) is 50.2 Å². The third-order valence-corrected chi connectivity index (χ3v) is 4.56. The summed E-state index contributed by atoms with van der Waals surface area (Å²) in [6, 6.07) is 4.56. The van der Waals surface area contributed by atoms with E-state index in [-0.39, 0.29) is 5.60 Å². The van der Waals surface area contributed by atoms with Gasteiger partial charge in [0.25, 0.3) is 0 Å². The second-order valence-corrected chi connectivity index (χ2v) is 6.35. The van der Waals surface area contributed by atoms with E-state index in [0.29, 0.717) is 6.04 Å². The first kappa shape index (κ1) is 12.4. The van der Waals surface area contributed by atoms with Crippen LogP contribution in [0.5, 0.6) is 0 Å². The highest BCUT2D eigenvalue weighted by Crippen LogP contribution is 2.40. The van der Waals surface area contributed by atoms with Crippen LogP contribution in [0.2, 0.25) is 0 Å². The van der Waals surface area contributed by atoms with Crippen LogP contribution in [-0.2, 0) is 4.74 Å². The van der Waals surface area contributed by atoms with Gasteiger partial charge in [0, 0.05) is 23.3 Å². The largest absolute Gasteiger partial charge is 0.375 e. The predicted octanol–water partition coefficient (Wildman–Crippen LogP) is 3.75. The maximum Gasteiger partial charge on any atom is 0.126 e. The van der Waals surface area contributed by atoms with Crippen LogP contribution in [0, 0.1) is 0 Å². The van der Waals surface area contributed by atoms with Gasteiger partial charge in [-0.3, -0.25) is 0 Å². The fourth-order valence-electron chi connectivity index (χ4n) is 3.19. The zero-order valence-electron chi connectivity index (χ0n) is 10.5. The van der Waals surface area contributed by atoms with Gasteiger partial charge in [0.1, 0.15) is 5.82 Å². The van der Waals surface area contributed by atoms with Crippen LogP contribution in [0.15, 0.2) is 22.8 Å². The van der Waals surface area contributed by atoms with Crippen LogP contribution >= 0.6 is 15.9 Å². The number of ether oxygens (including phenoxy) is 1. The van der Waals surface area contributed by atoms with Gasteiger partial charge in [-0.2, -0.15) is 0 Å². The van der Waals surface area contributed by atoms with Crippen LogP contribution in [0.1, 0.15) is 38.5 Å². The zero-order valence-corrected chi connectivity index (χ0v) is 12.1. The first-order chi connectivity index (χ1) is 8.76. The monoisotopic (exact) mass is 310 g/mol. The highest BCUT2D eigenvalue weighted by molar-refractivity contribution is 9.10. The highest BCUT2D eigenvalue weighted by atomic mass is 79.9. The van der Waals surface area contributed by atoms with Gasteiger partial charge in [0.05, 0.1) is 5.60 Å². The normalized spacial score (nSPS) is 26.4. The third-order valence-electron chi connectivity index (χ3n) is 4.09. The minimum atomic E-state index is 0.172. The van der Waals surface area contributed by atoms with Crippen molar-refractivity contribution in [2.75, 3.05) is 11.9 Å². The average molecular weight is 311 g/mol. The summed E-state index contributed by atoms with van der Waals surface area (Å²) in [4.78, 5) is 4.39. The number of halogens is 1. The molecule has 1 spiro atoms. The Balaban J connectivity index is 1.64. The topological polar surface area (TPSA) is 34.1 Å². The molecule has 1 atom stereocenters. The molecule has 0 aromatic carbocycles. The minimum Gasteiger partial charge on any atom is -0.375 e. The maximum atomic E-state index is 6.05. The van der Waals surface area contributed by atoms with E-state index in [1.54, 1.807) is 0 Å². The number of rotatable bonds is 2. The number of aromatic nitrogens is 1. The van der Waals surface area contributed by atoms with E-state index >= 15 is 0 Å². The van der Waals surface area contributed by atoms with Gasteiger partial charge in [-0.25, -0.2) is 4.98 Å². The Kier molecular flexibility index (Phi) is 3.57. The number of nitrogens with zero attached hydrogens (tertiary/aromatic N) is 1. The molecule has 1 aliphatic carbocycles. The molecule has 0 bridgehead atoms. The van der Waals surface area contributed by atoms with Crippen molar-refractivity contribution in [3.8, 4) is 0 Å². The number of hydrogen-bond acceptors (Lipinski definition) is 3. The first-order valence-corrected chi connectivity index (χ1v) is 7.57. The highest BCUT2D eigenvalue weighted by Gasteiger charge is 2.39. The smallest absolute Gasteiger partial charge is 0.126 e. The lowest BCUT2D eigenvalue weighted by atomic mass is 9.89. The fraction of sp³-hybridized carbons (Fsp3) is 0.643. The third kappa shape index (κ3) is 2.69. The molecule has 1 aromatic rings. The molecular weight excluding hydrogens is 292 g/mol. The number of pyridine rings is 1. The summed E-state index contributed by atoms with van der Waals surface area (Å²) < 4.78 is 7.07. The van der Waals surface area contributed by atoms with E-state index in [4.69, 9.17) is 4.74 Å². The van der Waals surface area contributed by atoms with Gasteiger partial charge in [-0.1, -0.05) is 12.8 Å². The van der Waals surface area contributed by atoms with Crippen LogP contribution in [-0.4, -0.2) is 23.2 Å². The lowest BCUT2D eigenvalue weighted by Crippen LogP contribution is -2.42. The van der Waals surface area contributed by atoms with Crippen LogP contribution < -0.4 is 5.32 Å². The van der Waals surface area contributed by atoms with E-state index in [2.05, 4.69) is 26.2 Å². The molecule has 1 saturated heterocycles.